The maximum absolute atomic E-state index is 6.01. The van der Waals surface area contributed by atoms with Gasteiger partial charge in [0.2, 0.25) is 0 Å². The standard InChI is InChI=1S/C18H19ClN2/c1-12-17(16-4-2-3-5-18(16)21-12)10-14(11-20)13-6-8-15(19)9-7-13/h2-9,14,21H,10-11,20H2,1H3. The van der Waals surface area contributed by atoms with Crippen LogP contribution in [0.15, 0.2) is 48.5 Å². The van der Waals surface area contributed by atoms with Crippen molar-refractivity contribution in [1.29, 1.82) is 0 Å². The summed E-state index contributed by atoms with van der Waals surface area (Å²) in [5.74, 6) is 0.306. The number of aromatic amines is 1. The van der Waals surface area contributed by atoms with Crippen LogP contribution < -0.4 is 5.73 Å². The summed E-state index contributed by atoms with van der Waals surface area (Å²) in [6.07, 6.45) is 0.938. The summed E-state index contributed by atoms with van der Waals surface area (Å²) in [5, 5.41) is 2.06. The molecule has 0 fully saturated rings. The first kappa shape index (κ1) is 14.2. The number of halogens is 1. The fourth-order valence-electron chi connectivity index (χ4n) is 2.92. The minimum absolute atomic E-state index is 0.306. The number of benzene rings is 2. The number of H-pyrrole nitrogens is 1. The molecule has 3 rings (SSSR count). The Morgan fingerprint density at radius 3 is 2.52 bits per heavy atom. The Kier molecular flexibility index (Phi) is 4.00. The molecule has 1 heterocycles. The van der Waals surface area contributed by atoms with Crippen LogP contribution in [0.5, 0.6) is 0 Å². The number of fused-ring (bicyclic) bond motifs is 1. The summed E-state index contributed by atoms with van der Waals surface area (Å²) in [5.41, 5.74) is 11.0. The topological polar surface area (TPSA) is 41.8 Å². The maximum atomic E-state index is 6.01. The lowest BCUT2D eigenvalue weighted by Crippen LogP contribution is -2.15. The zero-order valence-corrected chi connectivity index (χ0v) is 12.8. The Bertz CT molecular complexity index is 744. The second kappa shape index (κ2) is 5.92. The van der Waals surface area contributed by atoms with Gasteiger partial charge in [-0.15, -0.1) is 0 Å². The molecule has 2 aromatic carbocycles. The molecule has 3 aromatic rings. The summed E-state index contributed by atoms with van der Waals surface area (Å²) in [4.78, 5) is 3.46. The van der Waals surface area contributed by atoms with Gasteiger partial charge in [-0.2, -0.15) is 0 Å². The van der Waals surface area contributed by atoms with E-state index in [2.05, 4.69) is 48.3 Å². The molecule has 0 amide bonds. The van der Waals surface area contributed by atoms with Crippen LogP contribution in [0.25, 0.3) is 10.9 Å². The van der Waals surface area contributed by atoms with Crippen molar-refractivity contribution in [2.24, 2.45) is 5.73 Å². The number of nitrogens with two attached hydrogens (primary N) is 1. The molecule has 1 unspecified atom stereocenters. The molecule has 21 heavy (non-hydrogen) atoms. The molecule has 0 aliphatic carbocycles. The first-order valence-corrected chi connectivity index (χ1v) is 7.58. The molecule has 0 radical (unpaired) electrons. The molecule has 0 aliphatic heterocycles. The highest BCUT2D eigenvalue weighted by Crippen LogP contribution is 2.28. The highest BCUT2D eigenvalue weighted by atomic mass is 35.5. The van der Waals surface area contributed by atoms with E-state index in [1.165, 1.54) is 27.7 Å². The fraction of sp³-hybridized carbons (Fsp3) is 0.222. The van der Waals surface area contributed by atoms with Crippen molar-refractivity contribution in [2.45, 2.75) is 19.3 Å². The summed E-state index contributed by atoms with van der Waals surface area (Å²) in [7, 11) is 0. The third-order valence-electron chi connectivity index (χ3n) is 4.10. The summed E-state index contributed by atoms with van der Waals surface area (Å²) >= 11 is 5.97. The molecule has 3 heteroatoms. The van der Waals surface area contributed by atoms with Crippen molar-refractivity contribution < 1.29 is 0 Å². The van der Waals surface area contributed by atoms with Crippen LogP contribution in [0, 0.1) is 6.92 Å². The van der Waals surface area contributed by atoms with Gasteiger partial charge in [0.25, 0.3) is 0 Å². The molecular weight excluding hydrogens is 280 g/mol. The van der Waals surface area contributed by atoms with Crippen LogP contribution in [-0.4, -0.2) is 11.5 Å². The minimum Gasteiger partial charge on any atom is -0.358 e. The van der Waals surface area contributed by atoms with E-state index in [-0.39, 0.29) is 0 Å². The van der Waals surface area contributed by atoms with Gasteiger partial charge in [-0.05, 0) is 49.2 Å². The lowest BCUT2D eigenvalue weighted by Gasteiger charge is -2.16. The Labute approximate surface area is 129 Å². The van der Waals surface area contributed by atoms with Crippen molar-refractivity contribution in [3.63, 3.8) is 0 Å². The number of nitrogens with one attached hydrogen (secondary N) is 1. The van der Waals surface area contributed by atoms with Crippen molar-refractivity contribution in [3.8, 4) is 0 Å². The van der Waals surface area contributed by atoms with E-state index in [9.17, 15) is 0 Å². The van der Waals surface area contributed by atoms with E-state index in [0.29, 0.717) is 12.5 Å². The molecule has 0 spiro atoms. The second-order valence-corrected chi connectivity index (χ2v) is 5.90. The quantitative estimate of drug-likeness (QED) is 0.736. The molecule has 0 bridgehead atoms. The van der Waals surface area contributed by atoms with Crippen LogP contribution >= 0.6 is 11.6 Å². The van der Waals surface area contributed by atoms with Crippen LogP contribution in [-0.2, 0) is 6.42 Å². The molecule has 3 N–H and O–H groups in total. The van der Waals surface area contributed by atoms with E-state index in [4.69, 9.17) is 17.3 Å². The Morgan fingerprint density at radius 2 is 1.81 bits per heavy atom. The molecule has 0 saturated heterocycles. The predicted molar refractivity (Wildman–Crippen MR) is 90.0 cm³/mol. The lowest BCUT2D eigenvalue weighted by atomic mass is 9.91. The predicted octanol–water partition coefficient (Wildman–Crippen LogP) is 4.41. The highest BCUT2D eigenvalue weighted by molar-refractivity contribution is 6.30. The Morgan fingerprint density at radius 1 is 1.10 bits per heavy atom. The number of hydrogen-bond acceptors (Lipinski definition) is 1. The van der Waals surface area contributed by atoms with Gasteiger partial charge in [-0.1, -0.05) is 41.9 Å². The number of rotatable bonds is 4. The van der Waals surface area contributed by atoms with Crippen LogP contribution in [0.3, 0.4) is 0 Å². The maximum Gasteiger partial charge on any atom is 0.0458 e. The molecule has 0 aliphatic rings. The van der Waals surface area contributed by atoms with Crippen molar-refractivity contribution >= 4 is 22.5 Å². The molecule has 108 valence electrons. The smallest absolute Gasteiger partial charge is 0.0458 e. The second-order valence-electron chi connectivity index (χ2n) is 5.46. The fourth-order valence-corrected chi connectivity index (χ4v) is 3.04. The van der Waals surface area contributed by atoms with Gasteiger partial charge in [0.15, 0.2) is 0 Å². The monoisotopic (exact) mass is 298 g/mol. The van der Waals surface area contributed by atoms with Gasteiger partial charge in [0.1, 0.15) is 0 Å². The van der Waals surface area contributed by atoms with Gasteiger partial charge in [0.05, 0.1) is 0 Å². The number of aromatic nitrogens is 1. The zero-order chi connectivity index (χ0) is 14.8. The van der Waals surface area contributed by atoms with Gasteiger partial charge >= 0.3 is 0 Å². The van der Waals surface area contributed by atoms with E-state index >= 15 is 0 Å². The van der Waals surface area contributed by atoms with Crippen LogP contribution in [0.1, 0.15) is 22.7 Å². The molecular formula is C18H19ClN2. The SMILES string of the molecule is Cc1[nH]c2ccccc2c1CC(CN)c1ccc(Cl)cc1. The van der Waals surface area contributed by atoms with Crippen molar-refractivity contribution in [2.75, 3.05) is 6.54 Å². The van der Waals surface area contributed by atoms with Gasteiger partial charge in [-0.3, -0.25) is 0 Å². The summed E-state index contributed by atoms with van der Waals surface area (Å²) in [6, 6.07) is 16.4. The zero-order valence-electron chi connectivity index (χ0n) is 12.1. The van der Waals surface area contributed by atoms with E-state index in [0.717, 1.165) is 11.4 Å². The first-order valence-electron chi connectivity index (χ1n) is 7.20. The van der Waals surface area contributed by atoms with Gasteiger partial charge in [0, 0.05) is 27.5 Å². The van der Waals surface area contributed by atoms with E-state index in [1.807, 2.05) is 12.1 Å². The van der Waals surface area contributed by atoms with Crippen LogP contribution in [0.2, 0.25) is 5.02 Å². The van der Waals surface area contributed by atoms with Crippen LogP contribution in [0.4, 0.5) is 0 Å². The summed E-state index contributed by atoms with van der Waals surface area (Å²) < 4.78 is 0. The Hall–Kier alpha value is -1.77. The average Bonchev–Trinajstić information content (AvgIpc) is 2.81. The van der Waals surface area contributed by atoms with Gasteiger partial charge < -0.3 is 10.7 Å². The molecule has 2 nitrogen and oxygen atoms in total. The van der Waals surface area contributed by atoms with Gasteiger partial charge in [-0.25, -0.2) is 0 Å². The minimum atomic E-state index is 0.306. The number of hydrogen-bond donors (Lipinski definition) is 2. The molecule has 0 saturated carbocycles. The highest BCUT2D eigenvalue weighted by Gasteiger charge is 2.15. The first-order chi connectivity index (χ1) is 10.2. The largest absolute Gasteiger partial charge is 0.358 e. The summed E-state index contributed by atoms with van der Waals surface area (Å²) in [6.45, 7) is 2.76. The number of aryl methyl sites for hydroxylation is 1. The normalized spacial score (nSPS) is 12.7. The molecule has 1 aromatic heterocycles. The lowest BCUT2D eigenvalue weighted by molar-refractivity contribution is 0.694. The third kappa shape index (κ3) is 2.82. The third-order valence-corrected chi connectivity index (χ3v) is 4.36. The average molecular weight is 299 g/mol. The molecule has 1 atom stereocenters. The van der Waals surface area contributed by atoms with E-state index in [1.54, 1.807) is 0 Å². The van der Waals surface area contributed by atoms with Crippen molar-refractivity contribution in [1.82, 2.24) is 4.98 Å². The van der Waals surface area contributed by atoms with E-state index < -0.39 is 0 Å². The Balaban J connectivity index is 1.96. The van der Waals surface area contributed by atoms with Crippen molar-refractivity contribution in [3.05, 3.63) is 70.4 Å². The number of para-hydroxylation sites is 1.